The quantitative estimate of drug-likeness (QED) is 0.746. The standard InChI is InChI=1S/C22H26O4/c23-13-11-20-12-14-25-21(17-24-15-18-7-3-1-4-8-18)22(20)26-16-19-9-5-2-6-10-19/h1-10,12,14,20-23H,11,13,15-17H2/t20-,21+,22-/m0/s1. The highest BCUT2D eigenvalue weighted by Crippen LogP contribution is 2.26. The van der Waals surface area contributed by atoms with Gasteiger partial charge in [-0.05, 0) is 23.6 Å². The van der Waals surface area contributed by atoms with Crippen LogP contribution in [0, 0.1) is 5.92 Å². The maximum atomic E-state index is 9.37. The molecule has 138 valence electrons. The Balaban J connectivity index is 1.58. The minimum atomic E-state index is -0.191. The van der Waals surface area contributed by atoms with Crippen LogP contribution in [-0.2, 0) is 27.4 Å². The SMILES string of the molecule is OCC[C@H]1C=CO[C@H](COCc2ccccc2)[C@H]1OCc1ccccc1. The van der Waals surface area contributed by atoms with Crippen LogP contribution in [0.1, 0.15) is 17.5 Å². The van der Waals surface area contributed by atoms with E-state index in [1.54, 1.807) is 6.26 Å². The predicted molar refractivity (Wildman–Crippen MR) is 100 cm³/mol. The Morgan fingerprint density at radius 1 is 0.885 bits per heavy atom. The lowest BCUT2D eigenvalue weighted by atomic mass is 9.93. The number of hydrogen-bond acceptors (Lipinski definition) is 4. The van der Waals surface area contributed by atoms with Gasteiger partial charge in [0, 0.05) is 12.5 Å². The van der Waals surface area contributed by atoms with Crippen molar-refractivity contribution < 1.29 is 19.3 Å². The van der Waals surface area contributed by atoms with Crippen molar-refractivity contribution in [3.8, 4) is 0 Å². The third-order valence-electron chi connectivity index (χ3n) is 4.51. The zero-order chi connectivity index (χ0) is 18.0. The highest BCUT2D eigenvalue weighted by molar-refractivity contribution is 5.14. The molecule has 0 amide bonds. The molecule has 2 aromatic rings. The molecule has 0 spiro atoms. The summed E-state index contributed by atoms with van der Waals surface area (Å²) in [6, 6.07) is 20.2. The van der Waals surface area contributed by atoms with Crippen LogP contribution in [0.3, 0.4) is 0 Å². The Bertz CT molecular complexity index is 656. The Morgan fingerprint density at radius 3 is 2.19 bits per heavy atom. The van der Waals surface area contributed by atoms with Gasteiger partial charge < -0.3 is 19.3 Å². The smallest absolute Gasteiger partial charge is 0.148 e. The molecule has 0 radical (unpaired) electrons. The van der Waals surface area contributed by atoms with Gasteiger partial charge >= 0.3 is 0 Å². The zero-order valence-electron chi connectivity index (χ0n) is 14.9. The molecule has 0 unspecified atom stereocenters. The molecule has 1 N–H and O–H groups in total. The average Bonchev–Trinajstić information content (AvgIpc) is 2.69. The number of hydrogen-bond donors (Lipinski definition) is 1. The summed E-state index contributed by atoms with van der Waals surface area (Å²) in [5.41, 5.74) is 2.25. The van der Waals surface area contributed by atoms with Crippen LogP contribution in [0.5, 0.6) is 0 Å². The van der Waals surface area contributed by atoms with E-state index in [0.717, 1.165) is 11.1 Å². The molecule has 4 nitrogen and oxygen atoms in total. The van der Waals surface area contributed by atoms with E-state index in [9.17, 15) is 5.11 Å². The van der Waals surface area contributed by atoms with Gasteiger partial charge in [0.1, 0.15) is 12.2 Å². The zero-order valence-corrected chi connectivity index (χ0v) is 14.9. The number of aliphatic hydroxyl groups excluding tert-OH is 1. The monoisotopic (exact) mass is 354 g/mol. The summed E-state index contributed by atoms with van der Waals surface area (Å²) >= 11 is 0. The Morgan fingerprint density at radius 2 is 1.54 bits per heavy atom. The first-order valence-corrected chi connectivity index (χ1v) is 9.07. The fourth-order valence-electron chi connectivity index (χ4n) is 3.12. The molecule has 26 heavy (non-hydrogen) atoms. The minimum Gasteiger partial charge on any atom is -0.493 e. The Hall–Kier alpha value is -2.14. The predicted octanol–water partition coefficient (Wildman–Crippen LogP) is 3.70. The van der Waals surface area contributed by atoms with E-state index in [1.807, 2.05) is 66.7 Å². The normalized spacial score (nSPS) is 22.1. The molecule has 0 saturated carbocycles. The van der Waals surface area contributed by atoms with Crippen LogP contribution >= 0.6 is 0 Å². The molecule has 0 saturated heterocycles. The summed E-state index contributed by atoms with van der Waals surface area (Å²) in [6.45, 7) is 1.62. The number of aliphatic hydroxyl groups is 1. The topological polar surface area (TPSA) is 47.9 Å². The van der Waals surface area contributed by atoms with E-state index in [-0.39, 0.29) is 24.7 Å². The molecular formula is C22H26O4. The maximum absolute atomic E-state index is 9.37. The molecule has 1 aliphatic heterocycles. The minimum absolute atomic E-state index is 0.114. The van der Waals surface area contributed by atoms with Crippen molar-refractivity contribution in [1.82, 2.24) is 0 Å². The van der Waals surface area contributed by atoms with Crippen LogP contribution in [0.4, 0.5) is 0 Å². The van der Waals surface area contributed by atoms with Crippen LogP contribution in [0.15, 0.2) is 73.0 Å². The molecule has 2 aromatic carbocycles. The number of rotatable bonds is 9. The third kappa shape index (κ3) is 5.43. The summed E-state index contributed by atoms with van der Waals surface area (Å²) < 4.78 is 17.8. The van der Waals surface area contributed by atoms with Crippen molar-refractivity contribution in [3.63, 3.8) is 0 Å². The lowest BCUT2D eigenvalue weighted by Crippen LogP contribution is -2.42. The van der Waals surface area contributed by atoms with E-state index in [4.69, 9.17) is 14.2 Å². The molecule has 0 aromatic heterocycles. The van der Waals surface area contributed by atoms with E-state index < -0.39 is 0 Å². The van der Waals surface area contributed by atoms with Gasteiger partial charge in [-0.15, -0.1) is 0 Å². The van der Waals surface area contributed by atoms with Crippen molar-refractivity contribution in [2.24, 2.45) is 5.92 Å². The van der Waals surface area contributed by atoms with E-state index in [0.29, 0.717) is 26.2 Å². The second-order valence-corrected chi connectivity index (χ2v) is 6.44. The lowest BCUT2D eigenvalue weighted by molar-refractivity contribution is -0.113. The van der Waals surface area contributed by atoms with Gasteiger partial charge in [-0.1, -0.05) is 60.7 Å². The van der Waals surface area contributed by atoms with Gasteiger partial charge in [-0.3, -0.25) is 0 Å². The number of ether oxygens (including phenoxy) is 3. The fraction of sp³-hybridized carbons (Fsp3) is 0.364. The highest BCUT2D eigenvalue weighted by atomic mass is 16.6. The highest BCUT2D eigenvalue weighted by Gasteiger charge is 2.33. The summed E-state index contributed by atoms with van der Waals surface area (Å²) in [7, 11) is 0. The summed E-state index contributed by atoms with van der Waals surface area (Å²) in [5, 5.41) is 9.37. The average molecular weight is 354 g/mol. The summed E-state index contributed by atoms with van der Waals surface area (Å²) in [6.07, 6.45) is 3.99. The largest absolute Gasteiger partial charge is 0.493 e. The second kappa shape index (κ2) is 10.1. The van der Waals surface area contributed by atoms with Crippen LogP contribution in [0.25, 0.3) is 0 Å². The first kappa shape index (κ1) is 18.6. The molecule has 0 fully saturated rings. The molecule has 1 aliphatic rings. The summed E-state index contributed by atoms with van der Waals surface area (Å²) in [4.78, 5) is 0. The molecule has 0 bridgehead atoms. The fourth-order valence-corrected chi connectivity index (χ4v) is 3.12. The number of benzene rings is 2. The second-order valence-electron chi connectivity index (χ2n) is 6.44. The molecule has 0 aliphatic carbocycles. The van der Waals surface area contributed by atoms with Gasteiger partial charge in [0.25, 0.3) is 0 Å². The van der Waals surface area contributed by atoms with Crippen molar-refractivity contribution in [1.29, 1.82) is 0 Å². The Kier molecular flexibility index (Phi) is 7.25. The van der Waals surface area contributed by atoms with Crippen LogP contribution in [0.2, 0.25) is 0 Å². The first-order valence-electron chi connectivity index (χ1n) is 9.07. The third-order valence-corrected chi connectivity index (χ3v) is 4.51. The summed E-state index contributed by atoms with van der Waals surface area (Å²) in [5.74, 6) is 0.114. The van der Waals surface area contributed by atoms with Crippen LogP contribution in [-0.4, -0.2) is 30.5 Å². The molecular weight excluding hydrogens is 328 g/mol. The lowest BCUT2D eigenvalue weighted by Gasteiger charge is -2.34. The van der Waals surface area contributed by atoms with Crippen LogP contribution < -0.4 is 0 Å². The van der Waals surface area contributed by atoms with E-state index in [2.05, 4.69) is 0 Å². The molecule has 3 rings (SSSR count). The van der Waals surface area contributed by atoms with Gasteiger partial charge in [-0.25, -0.2) is 0 Å². The maximum Gasteiger partial charge on any atom is 0.148 e. The van der Waals surface area contributed by atoms with Crippen molar-refractivity contribution in [3.05, 3.63) is 84.1 Å². The Labute approximate surface area is 155 Å². The van der Waals surface area contributed by atoms with Gasteiger partial charge in [0.15, 0.2) is 0 Å². The van der Waals surface area contributed by atoms with Crippen molar-refractivity contribution in [2.75, 3.05) is 13.2 Å². The van der Waals surface area contributed by atoms with Crippen molar-refractivity contribution in [2.45, 2.75) is 31.8 Å². The molecule has 3 atom stereocenters. The van der Waals surface area contributed by atoms with Crippen molar-refractivity contribution >= 4 is 0 Å². The molecule has 4 heteroatoms. The first-order chi connectivity index (χ1) is 12.9. The van der Waals surface area contributed by atoms with Gasteiger partial charge in [-0.2, -0.15) is 0 Å². The van der Waals surface area contributed by atoms with E-state index >= 15 is 0 Å². The van der Waals surface area contributed by atoms with E-state index in [1.165, 1.54) is 0 Å². The van der Waals surface area contributed by atoms with Gasteiger partial charge in [0.2, 0.25) is 0 Å². The van der Waals surface area contributed by atoms with Gasteiger partial charge in [0.05, 0.1) is 26.1 Å². The molecule has 1 heterocycles.